The van der Waals surface area contributed by atoms with E-state index >= 15 is 0 Å². The van der Waals surface area contributed by atoms with Crippen molar-refractivity contribution in [1.82, 2.24) is 4.90 Å². The maximum Gasteiger partial charge on any atom is 0.343 e. The maximum atomic E-state index is 12.0. The minimum atomic E-state index is -0.616. The molecule has 1 fully saturated rings. The first kappa shape index (κ1) is 12.7. The fourth-order valence-electron chi connectivity index (χ4n) is 1.54. The molecule has 0 aliphatic carbocycles. The van der Waals surface area contributed by atoms with Gasteiger partial charge in [0.25, 0.3) is 0 Å². The van der Waals surface area contributed by atoms with Crippen molar-refractivity contribution in [2.75, 3.05) is 27.8 Å². The number of carbonyl (C=O) groups is 2. The number of hydrogen-bond acceptors (Lipinski definition) is 5. The third-order valence-corrected chi connectivity index (χ3v) is 2.28. The summed E-state index contributed by atoms with van der Waals surface area (Å²) in [7, 11) is 4.74. The molecule has 1 aliphatic rings. The van der Waals surface area contributed by atoms with E-state index in [9.17, 15) is 9.59 Å². The van der Waals surface area contributed by atoms with E-state index in [-0.39, 0.29) is 11.4 Å². The van der Waals surface area contributed by atoms with Gasteiger partial charge in [0.1, 0.15) is 11.7 Å². The van der Waals surface area contributed by atoms with Crippen LogP contribution >= 0.6 is 0 Å². The summed E-state index contributed by atoms with van der Waals surface area (Å²) in [5, 5.41) is 0. The summed E-state index contributed by atoms with van der Waals surface area (Å²) < 4.78 is 9.84. The molecule has 1 unspecified atom stereocenters. The molecule has 0 saturated carbocycles. The van der Waals surface area contributed by atoms with Gasteiger partial charge in [0.2, 0.25) is 0 Å². The van der Waals surface area contributed by atoms with Crippen molar-refractivity contribution >= 4 is 11.8 Å². The molecule has 0 aromatic rings. The minimum Gasteiger partial charge on any atom is -0.465 e. The Hall–Kier alpha value is -1.36. The van der Waals surface area contributed by atoms with Gasteiger partial charge < -0.3 is 14.4 Å². The van der Waals surface area contributed by atoms with Crippen LogP contribution in [0.5, 0.6) is 0 Å². The van der Waals surface area contributed by atoms with Crippen molar-refractivity contribution < 1.29 is 19.1 Å². The fraction of sp³-hybridized carbons (Fsp3) is 0.636. The van der Waals surface area contributed by atoms with Crippen LogP contribution in [-0.2, 0) is 19.1 Å². The second kappa shape index (κ2) is 5.65. The molecule has 1 atom stereocenters. The van der Waals surface area contributed by atoms with Crippen LogP contribution in [0.25, 0.3) is 0 Å². The summed E-state index contributed by atoms with van der Waals surface area (Å²) in [6.07, 6.45) is 2.49. The van der Waals surface area contributed by atoms with E-state index in [1.165, 1.54) is 13.3 Å². The van der Waals surface area contributed by atoms with E-state index in [2.05, 4.69) is 4.74 Å². The van der Waals surface area contributed by atoms with Gasteiger partial charge in [-0.25, -0.2) is 4.79 Å². The topological polar surface area (TPSA) is 55.8 Å². The number of ether oxygens (including phenoxy) is 2. The molecule has 0 bridgehead atoms. The van der Waals surface area contributed by atoms with Crippen LogP contribution < -0.4 is 0 Å². The van der Waals surface area contributed by atoms with E-state index < -0.39 is 12.1 Å². The van der Waals surface area contributed by atoms with Crippen LogP contribution in [0.1, 0.15) is 12.8 Å². The lowest BCUT2D eigenvalue weighted by atomic mass is 10.1. The average molecular weight is 227 g/mol. The number of carbonyl (C=O) groups excluding carboxylic acids is 2. The molecule has 0 aromatic carbocycles. The van der Waals surface area contributed by atoms with E-state index in [0.717, 1.165) is 6.42 Å². The number of nitrogens with zero attached hydrogens (tertiary/aromatic N) is 1. The Morgan fingerprint density at radius 2 is 2.12 bits per heavy atom. The first-order valence-electron chi connectivity index (χ1n) is 5.18. The van der Waals surface area contributed by atoms with Crippen molar-refractivity contribution in [1.29, 1.82) is 0 Å². The monoisotopic (exact) mass is 227 g/mol. The molecule has 0 spiro atoms. The van der Waals surface area contributed by atoms with Gasteiger partial charge in [-0.2, -0.15) is 0 Å². The van der Waals surface area contributed by atoms with Gasteiger partial charge in [0, 0.05) is 26.9 Å². The van der Waals surface area contributed by atoms with Gasteiger partial charge in [-0.3, -0.25) is 4.79 Å². The predicted octanol–water partition coefficient (Wildman–Crippen LogP) is 0.353. The zero-order valence-corrected chi connectivity index (χ0v) is 9.86. The summed E-state index contributed by atoms with van der Waals surface area (Å²) in [6, 6.07) is 0. The highest BCUT2D eigenvalue weighted by Crippen LogP contribution is 2.17. The first-order valence-corrected chi connectivity index (χ1v) is 5.18. The summed E-state index contributed by atoms with van der Waals surface area (Å²) in [5.41, 5.74) is 0.0411. The van der Waals surface area contributed by atoms with Crippen LogP contribution in [0.4, 0.5) is 0 Å². The van der Waals surface area contributed by atoms with Crippen LogP contribution in [0.3, 0.4) is 0 Å². The van der Waals surface area contributed by atoms with Crippen LogP contribution in [0, 0.1) is 0 Å². The highest BCUT2D eigenvalue weighted by molar-refractivity contribution is 6.18. The smallest absolute Gasteiger partial charge is 0.343 e. The largest absolute Gasteiger partial charge is 0.465 e. The van der Waals surface area contributed by atoms with Crippen molar-refractivity contribution in [3.8, 4) is 0 Å². The molecule has 1 rings (SSSR count). The van der Waals surface area contributed by atoms with Gasteiger partial charge in [0.05, 0.1) is 7.11 Å². The number of rotatable bonds is 4. The Balaban J connectivity index is 2.83. The Morgan fingerprint density at radius 3 is 2.56 bits per heavy atom. The molecular formula is C11H17NO4. The highest BCUT2D eigenvalue weighted by Gasteiger charge is 2.30. The third-order valence-electron chi connectivity index (χ3n) is 2.28. The van der Waals surface area contributed by atoms with E-state index in [1.54, 1.807) is 19.0 Å². The summed E-state index contributed by atoms with van der Waals surface area (Å²) in [6.45, 7) is 0.576. The molecule has 5 nitrogen and oxygen atoms in total. The Bertz CT molecular complexity index is 303. The lowest BCUT2D eigenvalue weighted by molar-refractivity contribution is -0.139. The molecule has 16 heavy (non-hydrogen) atoms. The molecule has 0 N–H and O–H groups in total. The Labute approximate surface area is 95.0 Å². The van der Waals surface area contributed by atoms with Crippen LogP contribution in [-0.4, -0.2) is 50.6 Å². The number of ketones is 1. The summed E-state index contributed by atoms with van der Waals surface area (Å²) >= 11 is 0. The van der Waals surface area contributed by atoms with Crippen molar-refractivity contribution in [2.45, 2.75) is 18.9 Å². The summed E-state index contributed by atoms with van der Waals surface area (Å²) in [4.78, 5) is 25.1. The molecule has 1 heterocycles. The van der Waals surface area contributed by atoms with E-state index in [1.807, 2.05) is 0 Å². The standard InChI is InChI=1S/C11H17NO4/c1-12(2)7-8(11(14)15-3)10(13)9-5-4-6-16-9/h7,9H,4-6H2,1-3H3/b8-7+. The second-order valence-electron chi connectivity index (χ2n) is 3.86. The molecular weight excluding hydrogens is 210 g/mol. The van der Waals surface area contributed by atoms with Crippen LogP contribution in [0.2, 0.25) is 0 Å². The summed E-state index contributed by atoms with van der Waals surface area (Å²) in [5.74, 6) is -0.910. The normalized spacial score (nSPS) is 20.7. The van der Waals surface area contributed by atoms with Gasteiger partial charge in [-0.15, -0.1) is 0 Å². The average Bonchev–Trinajstić information content (AvgIpc) is 2.77. The van der Waals surface area contributed by atoms with Crippen LogP contribution in [0.15, 0.2) is 11.8 Å². The van der Waals surface area contributed by atoms with E-state index in [4.69, 9.17) is 4.74 Å². The van der Waals surface area contributed by atoms with Gasteiger partial charge in [0.15, 0.2) is 5.78 Å². The number of methoxy groups -OCH3 is 1. The Morgan fingerprint density at radius 1 is 1.44 bits per heavy atom. The lowest BCUT2D eigenvalue weighted by Gasteiger charge is -2.12. The molecule has 0 amide bonds. The van der Waals surface area contributed by atoms with Gasteiger partial charge in [-0.05, 0) is 12.8 Å². The first-order chi connectivity index (χ1) is 7.56. The molecule has 5 heteroatoms. The van der Waals surface area contributed by atoms with Gasteiger partial charge >= 0.3 is 5.97 Å². The fourth-order valence-corrected chi connectivity index (χ4v) is 1.54. The number of Topliss-reactive ketones (excluding diaryl/α,β-unsaturated/α-hetero) is 1. The lowest BCUT2D eigenvalue weighted by Crippen LogP contribution is -2.27. The number of esters is 1. The predicted molar refractivity (Wildman–Crippen MR) is 57.8 cm³/mol. The number of hydrogen-bond donors (Lipinski definition) is 0. The van der Waals surface area contributed by atoms with E-state index in [0.29, 0.717) is 13.0 Å². The molecule has 1 aliphatic heterocycles. The molecule has 0 radical (unpaired) electrons. The third kappa shape index (κ3) is 3.06. The highest BCUT2D eigenvalue weighted by atomic mass is 16.5. The van der Waals surface area contributed by atoms with Gasteiger partial charge in [-0.1, -0.05) is 0 Å². The maximum absolute atomic E-state index is 12.0. The van der Waals surface area contributed by atoms with Crippen molar-refractivity contribution in [3.63, 3.8) is 0 Å². The molecule has 90 valence electrons. The zero-order valence-electron chi connectivity index (χ0n) is 9.86. The Kier molecular flexibility index (Phi) is 4.49. The second-order valence-corrected chi connectivity index (χ2v) is 3.86. The molecule has 1 saturated heterocycles. The zero-order chi connectivity index (χ0) is 12.1. The SMILES string of the molecule is COC(=O)/C(=C/N(C)C)C(=O)C1CCCO1. The minimum absolute atomic E-state index is 0.0411. The van der Waals surface area contributed by atoms with Crippen molar-refractivity contribution in [2.24, 2.45) is 0 Å². The van der Waals surface area contributed by atoms with Crippen molar-refractivity contribution in [3.05, 3.63) is 11.8 Å². The molecule has 0 aromatic heterocycles. The quantitative estimate of drug-likeness (QED) is 0.300.